The van der Waals surface area contributed by atoms with Crippen LogP contribution >= 0.6 is 11.8 Å². The Morgan fingerprint density at radius 2 is 2.03 bits per heavy atom. The third-order valence-electron chi connectivity index (χ3n) is 3.87. The molecule has 1 N–H and O–H groups in total. The second-order valence-corrected chi connectivity index (χ2v) is 7.14. The quantitative estimate of drug-likeness (QED) is 0.173. The number of methoxy groups -OCH3 is 1. The van der Waals surface area contributed by atoms with Gasteiger partial charge in [0.2, 0.25) is 17.3 Å². The molecule has 1 aromatic rings. The van der Waals surface area contributed by atoms with Crippen molar-refractivity contribution < 1.29 is 38.6 Å². The zero-order valence-electron chi connectivity index (χ0n) is 15.5. The van der Waals surface area contributed by atoms with Crippen LogP contribution in [0.4, 0.5) is 5.69 Å². The predicted molar refractivity (Wildman–Crippen MR) is 99.4 cm³/mol. The summed E-state index contributed by atoms with van der Waals surface area (Å²) < 4.78 is 14.8. The highest BCUT2D eigenvalue weighted by Crippen LogP contribution is 2.32. The molecule has 2 rings (SSSR count). The fraction of sp³-hybridized carbons (Fsp3) is 0.471. The van der Waals surface area contributed by atoms with Crippen molar-refractivity contribution in [1.29, 1.82) is 0 Å². The third-order valence-corrected chi connectivity index (χ3v) is 4.92. The molecule has 12 heteroatoms. The standard InChI is InChI=1S/C17H20N2O9S/c1-26-6-7-27-10-15(21)29-14-8-13(20)18(14)16(22)17(23)28-9-11-2-4-12(5-3-11)19(24)25/h2-5,14,16,22H,6-10H2,1H3. The van der Waals surface area contributed by atoms with Crippen molar-refractivity contribution in [3.8, 4) is 0 Å². The van der Waals surface area contributed by atoms with Crippen LogP contribution in [0.3, 0.4) is 0 Å². The summed E-state index contributed by atoms with van der Waals surface area (Å²) in [6.07, 6.45) is -1.85. The molecular formula is C17H20N2O9S. The first-order valence-corrected chi connectivity index (χ1v) is 9.36. The highest BCUT2D eigenvalue weighted by Gasteiger charge is 2.45. The molecule has 0 spiro atoms. The van der Waals surface area contributed by atoms with E-state index in [-0.39, 0.29) is 37.0 Å². The Balaban J connectivity index is 1.81. The number of aliphatic hydroxyl groups excluding tert-OH is 1. The number of benzene rings is 1. The number of carbonyl (C=O) groups is 3. The molecule has 1 aromatic carbocycles. The number of aliphatic hydroxyl groups is 1. The largest absolute Gasteiger partial charge is 0.457 e. The minimum Gasteiger partial charge on any atom is -0.457 e. The van der Waals surface area contributed by atoms with E-state index in [4.69, 9.17) is 14.2 Å². The number of likely N-dealkylation sites (tertiary alicyclic amines) is 1. The van der Waals surface area contributed by atoms with Crippen molar-refractivity contribution in [3.63, 3.8) is 0 Å². The number of thioether (sulfide) groups is 1. The molecule has 0 aromatic heterocycles. The van der Waals surface area contributed by atoms with Crippen LogP contribution in [-0.2, 0) is 35.2 Å². The topological polar surface area (TPSA) is 146 Å². The number of rotatable bonds is 11. The molecule has 2 atom stereocenters. The van der Waals surface area contributed by atoms with Crippen LogP contribution in [0, 0.1) is 10.1 Å². The highest BCUT2D eigenvalue weighted by atomic mass is 32.2. The van der Waals surface area contributed by atoms with Gasteiger partial charge in [-0.2, -0.15) is 0 Å². The fourth-order valence-electron chi connectivity index (χ4n) is 2.33. The van der Waals surface area contributed by atoms with Crippen LogP contribution in [0.1, 0.15) is 12.0 Å². The molecule has 11 nitrogen and oxygen atoms in total. The van der Waals surface area contributed by atoms with Gasteiger partial charge in [0.05, 0.1) is 29.9 Å². The number of carbonyl (C=O) groups excluding carboxylic acids is 3. The monoisotopic (exact) mass is 428 g/mol. The van der Waals surface area contributed by atoms with Gasteiger partial charge in [0, 0.05) is 19.2 Å². The molecule has 2 unspecified atom stereocenters. The first-order chi connectivity index (χ1) is 13.8. The zero-order valence-corrected chi connectivity index (χ0v) is 16.3. The van der Waals surface area contributed by atoms with E-state index in [1.807, 2.05) is 0 Å². The molecule has 1 fully saturated rings. The number of amides is 1. The Kier molecular flexibility index (Phi) is 8.51. The molecule has 1 heterocycles. The fourth-order valence-corrected chi connectivity index (χ4v) is 3.36. The zero-order chi connectivity index (χ0) is 21.4. The summed E-state index contributed by atoms with van der Waals surface area (Å²) in [7, 11) is 1.50. The Hall–Kier alpha value is -2.54. The average Bonchev–Trinajstić information content (AvgIpc) is 2.69. The maximum absolute atomic E-state index is 12.0. The molecule has 0 radical (unpaired) electrons. The Bertz CT molecular complexity index is 756. The van der Waals surface area contributed by atoms with Crippen LogP contribution < -0.4 is 0 Å². The van der Waals surface area contributed by atoms with Crippen LogP contribution in [0.2, 0.25) is 0 Å². The lowest BCUT2D eigenvalue weighted by Crippen LogP contribution is -2.59. The number of nitro groups is 1. The number of hydrogen-bond donors (Lipinski definition) is 1. The van der Waals surface area contributed by atoms with Gasteiger partial charge in [-0.15, -0.1) is 0 Å². The molecule has 29 heavy (non-hydrogen) atoms. The number of non-ortho nitro benzene ring substituents is 1. The van der Waals surface area contributed by atoms with Crippen molar-refractivity contribution in [2.75, 3.05) is 26.9 Å². The van der Waals surface area contributed by atoms with Gasteiger partial charge in [0.1, 0.15) is 13.2 Å². The first-order valence-electron chi connectivity index (χ1n) is 8.49. The molecule has 1 amide bonds. The molecule has 0 saturated carbocycles. The number of nitro benzene ring substituents is 1. The molecule has 158 valence electrons. The molecule has 1 aliphatic heterocycles. The van der Waals surface area contributed by atoms with E-state index in [2.05, 4.69) is 0 Å². The number of β-lactam (4-membered cyclic amide) rings is 1. The first kappa shape index (κ1) is 22.7. The maximum atomic E-state index is 12.0. The summed E-state index contributed by atoms with van der Waals surface area (Å²) in [5.74, 6) is -1.55. The van der Waals surface area contributed by atoms with Crippen LogP contribution in [0.25, 0.3) is 0 Å². The lowest BCUT2D eigenvalue weighted by atomic mass is 10.2. The minimum absolute atomic E-state index is 0.00116. The molecular weight excluding hydrogens is 408 g/mol. The van der Waals surface area contributed by atoms with Gasteiger partial charge in [-0.3, -0.25) is 24.6 Å². The van der Waals surface area contributed by atoms with E-state index in [1.165, 1.54) is 31.4 Å². The van der Waals surface area contributed by atoms with Crippen LogP contribution in [0.15, 0.2) is 24.3 Å². The van der Waals surface area contributed by atoms with Gasteiger partial charge in [-0.05, 0) is 17.7 Å². The summed E-state index contributed by atoms with van der Waals surface area (Å²) in [5, 5.41) is 19.7. The maximum Gasteiger partial charge on any atom is 0.356 e. The van der Waals surface area contributed by atoms with E-state index in [0.717, 1.165) is 16.7 Å². The second kappa shape index (κ2) is 10.9. The minimum atomic E-state index is -1.85. The van der Waals surface area contributed by atoms with Gasteiger partial charge >= 0.3 is 5.97 Å². The Morgan fingerprint density at radius 3 is 2.62 bits per heavy atom. The average molecular weight is 428 g/mol. The summed E-state index contributed by atoms with van der Waals surface area (Å²) in [6, 6.07) is 5.33. The molecule has 0 bridgehead atoms. The molecule has 1 saturated heterocycles. The molecule has 0 aliphatic carbocycles. The van der Waals surface area contributed by atoms with Crippen molar-refractivity contribution in [2.45, 2.75) is 24.6 Å². The summed E-state index contributed by atoms with van der Waals surface area (Å²) >= 11 is 0.790. The number of nitrogens with zero attached hydrogens (tertiary/aromatic N) is 2. The summed E-state index contributed by atoms with van der Waals surface area (Å²) in [6.45, 7) is 0.159. The van der Waals surface area contributed by atoms with Gasteiger partial charge in [-0.25, -0.2) is 4.79 Å². The van der Waals surface area contributed by atoms with E-state index >= 15 is 0 Å². The van der Waals surface area contributed by atoms with Crippen LogP contribution in [0.5, 0.6) is 0 Å². The van der Waals surface area contributed by atoms with Crippen LogP contribution in [-0.4, -0.2) is 70.5 Å². The third kappa shape index (κ3) is 6.49. The predicted octanol–water partition coefficient (Wildman–Crippen LogP) is 0.438. The van der Waals surface area contributed by atoms with Gasteiger partial charge < -0.3 is 19.3 Å². The van der Waals surface area contributed by atoms with Gasteiger partial charge in [-0.1, -0.05) is 11.8 Å². The van der Waals surface area contributed by atoms with E-state index in [1.54, 1.807) is 0 Å². The Labute approximate surface area is 170 Å². The number of ether oxygens (including phenoxy) is 3. The summed E-state index contributed by atoms with van der Waals surface area (Å²) in [5.41, 5.74) is 0.363. The smallest absolute Gasteiger partial charge is 0.356 e. The normalized spacial score (nSPS) is 16.8. The van der Waals surface area contributed by atoms with E-state index in [0.29, 0.717) is 12.2 Å². The number of esters is 1. The highest BCUT2D eigenvalue weighted by molar-refractivity contribution is 8.14. The lowest BCUT2D eigenvalue weighted by Gasteiger charge is -2.41. The van der Waals surface area contributed by atoms with Crippen molar-refractivity contribution in [2.24, 2.45) is 0 Å². The van der Waals surface area contributed by atoms with Gasteiger partial charge in [0.25, 0.3) is 5.69 Å². The van der Waals surface area contributed by atoms with Crippen molar-refractivity contribution in [1.82, 2.24) is 4.90 Å². The second-order valence-electron chi connectivity index (χ2n) is 5.90. The summed E-state index contributed by atoms with van der Waals surface area (Å²) in [4.78, 5) is 46.6. The van der Waals surface area contributed by atoms with Crippen molar-refractivity contribution >= 4 is 34.4 Å². The van der Waals surface area contributed by atoms with Crippen molar-refractivity contribution in [3.05, 3.63) is 39.9 Å². The van der Waals surface area contributed by atoms with Gasteiger partial charge in [0.15, 0.2) is 0 Å². The van der Waals surface area contributed by atoms with E-state index < -0.39 is 28.4 Å². The molecule has 1 aliphatic rings. The Morgan fingerprint density at radius 1 is 1.34 bits per heavy atom. The van der Waals surface area contributed by atoms with E-state index in [9.17, 15) is 29.6 Å². The SMILES string of the molecule is COCCOCC(=O)SC1CC(=O)N1C(O)C(=O)OCc1ccc([N+](=O)[O-])cc1. The number of hydrogen-bond acceptors (Lipinski definition) is 10. The lowest BCUT2D eigenvalue weighted by molar-refractivity contribution is -0.384.